The van der Waals surface area contributed by atoms with Crippen LogP contribution in [-0.2, 0) is 0 Å². The minimum Gasteiger partial charge on any atom is -0.339 e. The first-order chi connectivity index (χ1) is 9.13. The van der Waals surface area contributed by atoms with E-state index in [-0.39, 0.29) is 5.91 Å². The zero-order valence-electron chi connectivity index (χ0n) is 11.9. The molecule has 104 valence electrons. The monoisotopic (exact) mass is 278 g/mol. The molecule has 1 saturated heterocycles. The fraction of sp³-hybridized carbons (Fsp3) is 0.533. The Morgan fingerprint density at radius 3 is 2.58 bits per heavy atom. The molecule has 0 aromatic heterocycles. The molecule has 0 atom stereocenters. The van der Waals surface area contributed by atoms with Crippen molar-refractivity contribution in [1.82, 2.24) is 9.80 Å². The molecule has 19 heavy (non-hydrogen) atoms. The molecule has 1 heterocycles. The second-order valence-electron chi connectivity index (χ2n) is 5.15. The van der Waals surface area contributed by atoms with Gasteiger partial charge >= 0.3 is 0 Å². The number of thioether (sulfide) groups is 1. The first-order valence-corrected chi connectivity index (χ1v) is 7.94. The third-order valence-corrected chi connectivity index (χ3v) is 4.69. The lowest BCUT2D eigenvalue weighted by molar-refractivity contribution is 0.0656. The van der Waals surface area contributed by atoms with Crippen molar-refractivity contribution >= 4 is 17.7 Å². The zero-order chi connectivity index (χ0) is 13.8. The Balaban J connectivity index is 2.10. The fourth-order valence-corrected chi connectivity index (χ4v) is 3.15. The van der Waals surface area contributed by atoms with Crippen LogP contribution < -0.4 is 0 Å². The van der Waals surface area contributed by atoms with Gasteiger partial charge in [0, 0.05) is 18.0 Å². The highest BCUT2D eigenvalue weighted by atomic mass is 32.2. The Kier molecular flexibility index (Phi) is 4.88. The molecule has 0 radical (unpaired) electrons. The Labute approximate surface area is 120 Å². The first kappa shape index (κ1) is 14.4. The molecule has 1 aromatic rings. The van der Waals surface area contributed by atoms with Crippen molar-refractivity contribution in [3.63, 3.8) is 0 Å². The van der Waals surface area contributed by atoms with Gasteiger partial charge in [0.05, 0.1) is 5.56 Å². The molecular weight excluding hydrogens is 256 g/mol. The normalized spacial score (nSPS) is 17.4. The van der Waals surface area contributed by atoms with Crippen molar-refractivity contribution in [2.75, 3.05) is 33.4 Å². The van der Waals surface area contributed by atoms with Gasteiger partial charge in [-0.05, 0) is 51.4 Å². The highest BCUT2D eigenvalue weighted by molar-refractivity contribution is 7.98. The van der Waals surface area contributed by atoms with Crippen molar-refractivity contribution < 1.29 is 4.79 Å². The van der Waals surface area contributed by atoms with E-state index < -0.39 is 0 Å². The summed E-state index contributed by atoms with van der Waals surface area (Å²) in [5.74, 6) is 0.152. The van der Waals surface area contributed by atoms with Crippen LogP contribution >= 0.6 is 11.8 Å². The molecular formula is C15H22N2OS. The number of benzene rings is 1. The third-order valence-electron chi connectivity index (χ3n) is 3.89. The predicted molar refractivity (Wildman–Crippen MR) is 80.8 cm³/mol. The summed E-state index contributed by atoms with van der Waals surface area (Å²) in [6, 6.07) is 8.24. The minimum atomic E-state index is 0.152. The van der Waals surface area contributed by atoms with Gasteiger partial charge in [-0.15, -0.1) is 11.8 Å². The van der Waals surface area contributed by atoms with Gasteiger partial charge in [-0.25, -0.2) is 0 Å². The average Bonchev–Trinajstić information content (AvgIpc) is 2.46. The van der Waals surface area contributed by atoms with Gasteiger partial charge in [0.1, 0.15) is 0 Å². The Hall–Kier alpha value is -1.00. The SMILES string of the molecule is CSc1ccccc1C(=O)N(C)C1CCN(C)CC1. The molecule has 1 aliphatic rings. The fourth-order valence-electron chi connectivity index (χ4n) is 2.56. The first-order valence-electron chi connectivity index (χ1n) is 6.72. The summed E-state index contributed by atoms with van der Waals surface area (Å²) < 4.78 is 0. The van der Waals surface area contributed by atoms with Gasteiger partial charge in [-0.3, -0.25) is 4.79 Å². The van der Waals surface area contributed by atoms with Crippen LogP contribution in [0.4, 0.5) is 0 Å². The zero-order valence-corrected chi connectivity index (χ0v) is 12.7. The standard InChI is InChI=1S/C15H22N2OS/c1-16-10-8-12(9-11-16)17(2)15(18)13-6-4-5-7-14(13)19-3/h4-7,12H,8-11H2,1-3H3. The molecule has 1 amide bonds. The molecule has 0 N–H and O–H groups in total. The van der Waals surface area contributed by atoms with Crippen LogP contribution in [0, 0.1) is 0 Å². The van der Waals surface area contributed by atoms with Crippen LogP contribution in [0.15, 0.2) is 29.2 Å². The van der Waals surface area contributed by atoms with Crippen molar-refractivity contribution in [2.24, 2.45) is 0 Å². The Morgan fingerprint density at radius 2 is 1.95 bits per heavy atom. The van der Waals surface area contributed by atoms with E-state index in [1.54, 1.807) is 11.8 Å². The number of rotatable bonds is 3. The summed E-state index contributed by atoms with van der Waals surface area (Å²) in [7, 11) is 4.08. The molecule has 0 bridgehead atoms. The second-order valence-corrected chi connectivity index (χ2v) is 6.00. The number of carbonyl (C=O) groups is 1. The average molecular weight is 278 g/mol. The maximum Gasteiger partial charge on any atom is 0.254 e. The van der Waals surface area contributed by atoms with Gasteiger partial charge in [0.25, 0.3) is 5.91 Å². The largest absolute Gasteiger partial charge is 0.339 e. The van der Waals surface area contributed by atoms with E-state index in [2.05, 4.69) is 11.9 Å². The molecule has 4 heteroatoms. The summed E-state index contributed by atoms with van der Waals surface area (Å²) in [5, 5.41) is 0. The Bertz CT molecular complexity index is 442. The number of hydrogen-bond acceptors (Lipinski definition) is 3. The molecule has 0 unspecified atom stereocenters. The summed E-state index contributed by atoms with van der Waals surface area (Å²) in [6.07, 6.45) is 4.15. The predicted octanol–water partition coefficient (Wildman–Crippen LogP) is 2.57. The molecule has 3 nitrogen and oxygen atoms in total. The molecule has 1 aromatic carbocycles. The van der Waals surface area contributed by atoms with Gasteiger partial charge in [0.2, 0.25) is 0 Å². The van der Waals surface area contributed by atoms with E-state index in [1.165, 1.54) is 0 Å². The molecule has 1 fully saturated rings. The summed E-state index contributed by atoms with van der Waals surface area (Å²) in [4.78, 5) is 17.9. The van der Waals surface area contributed by atoms with E-state index >= 15 is 0 Å². The van der Waals surface area contributed by atoms with E-state index in [9.17, 15) is 4.79 Å². The second kappa shape index (κ2) is 6.44. The van der Waals surface area contributed by atoms with Crippen LogP contribution in [0.25, 0.3) is 0 Å². The number of likely N-dealkylation sites (tertiary alicyclic amines) is 1. The highest BCUT2D eigenvalue weighted by Gasteiger charge is 2.25. The van der Waals surface area contributed by atoms with Crippen LogP contribution in [0.5, 0.6) is 0 Å². The minimum absolute atomic E-state index is 0.152. The quantitative estimate of drug-likeness (QED) is 0.794. The van der Waals surface area contributed by atoms with Crippen LogP contribution in [0.1, 0.15) is 23.2 Å². The van der Waals surface area contributed by atoms with Gasteiger partial charge in [-0.2, -0.15) is 0 Å². The molecule has 1 aliphatic heterocycles. The number of amides is 1. The number of carbonyl (C=O) groups excluding carboxylic acids is 1. The number of nitrogens with zero attached hydrogens (tertiary/aromatic N) is 2. The highest BCUT2D eigenvalue weighted by Crippen LogP contribution is 2.23. The molecule has 0 spiro atoms. The van der Waals surface area contributed by atoms with Crippen molar-refractivity contribution in [3.05, 3.63) is 29.8 Å². The molecule has 0 saturated carbocycles. The maximum absolute atomic E-state index is 12.6. The van der Waals surface area contributed by atoms with Crippen LogP contribution in [0.3, 0.4) is 0 Å². The van der Waals surface area contributed by atoms with Crippen molar-refractivity contribution in [3.8, 4) is 0 Å². The van der Waals surface area contributed by atoms with E-state index in [0.717, 1.165) is 36.4 Å². The van der Waals surface area contributed by atoms with E-state index in [0.29, 0.717) is 6.04 Å². The van der Waals surface area contributed by atoms with Crippen molar-refractivity contribution in [1.29, 1.82) is 0 Å². The number of piperidine rings is 1. The maximum atomic E-state index is 12.6. The lowest BCUT2D eigenvalue weighted by Crippen LogP contribution is -2.44. The van der Waals surface area contributed by atoms with Gasteiger partial charge in [0.15, 0.2) is 0 Å². The van der Waals surface area contributed by atoms with Crippen LogP contribution in [0.2, 0.25) is 0 Å². The molecule has 0 aliphatic carbocycles. The van der Waals surface area contributed by atoms with Crippen LogP contribution in [-0.4, -0.2) is 55.2 Å². The number of hydrogen-bond donors (Lipinski definition) is 0. The lowest BCUT2D eigenvalue weighted by Gasteiger charge is -2.35. The summed E-state index contributed by atoms with van der Waals surface area (Å²) in [6.45, 7) is 2.15. The lowest BCUT2D eigenvalue weighted by atomic mass is 10.0. The van der Waals surface area contributed by atoms with Crippen molar-refractivity contribution in [2.45, 2.75) is 23.8 Å². The van der Waals surface area contributed by atoms with E-state index in [1.807, 2.05) is 42.5 Å². The third kappa shape index (κ3) is 3.31. The van der Waals surface area contributed by atoms with Gasteiger partial charge in [-0.1, -0.05) is 12.1 Å². The Morgan fingerprint density at radius 1 is 1.32 bits per heavy atom. The summed E-state index contributed by atoms with van der Waals surface area (Å²) >= 11 is 1.63. The molecule has 2 rings (SSSR count). The topological polar surface area (TPSA) is 23.6 Å². The smallest absolute Gasteiger partial charge is 0.254 e. The van der Waals surface area contributed by atoms with E-state index in [4.69, 9.17) is 0 Å². The van der Waals surface area contributed by atoms with Gasteiger partial charge < -0.3 is 9.80 Å². The summed E-state index contributed by atoms with van der Waals surface area (Å²) in [5.41, 5.74) is 0.830.